The van der Waals surface area contributed by atoms with E-state index in [0.29, 0.717) is 0 Å². The van der Waals surface area contributed by atoms with E-state index in [1.807, 2.05) is 0 Å². The number of rotatable bonds is 9. The first-order valence-corrected chi connectivity index (χ1v) is 7.33. The summed E-state index contributed by atoms with van der Waals surface area (Å²) in [5.41, 5.74) is 0. The van der Waals surface area contributed by atoms with Crippen LogP contribution in [0.2, 0.25) is 0 Å². The van der Waals surface area contributed by atoms with Crippen LogP contribution in [0.3, 0.4) is 0 Å². The van der Waals surface area contributed by atoms with Gasteiger partial charge in [-0.15, -0.1) is 5.10 Å². The minimum Gasteiger partial charge on any atom is -0.445 e. The van der Waals surface area contributed by atoms with Gasteiger partial charge in [0.25, 0.3) is 0 Å². The SMILES string of the molecule is CCCCCC(CCCCC)OC(=O)n1cncn1. The van der Waals surface area contributed by atoms with E-state index in [-0.39, 0.29) is 6.10 Å². The molecule has 108 valence electrons. The zero-order chi connectivity index (χ0) is 13.9. The summed E-state index contributed by atoms with van der Waals surface area (Å²) in [6.45, 7) is 4.35. The lowest BCUT2D eigenvalue weighted by molar-refractivity contribution is 0.0829. The second-order valence-corrected chi connectivity index (χ2v) is 4.84. The van der Waals surface area contributed by atoms with Crippen LogP contribution < -0.4 is 0 Å². The summed E-state index contributed by atoms with van der Waals surface area (Å²) in [5, 5.41) is 3.79. The number of ether oxygens (including phenoxy) is 1. The van der Waals surface area contributed by atoms with Gasteiger partial charge < -0.3 is 4.74 Å². The number of hydrogen-bond donors (Lipinski definition) is 0. The summed E-state index contributed by atoms with van der Waals surface area (Å²) in [5.74, 6) is 0. The second-order valence-electron chi connectivity index (χ2n) is 4.84. The Bertz CT molecular complexity index is 328. The van der Waals surface area contributed by atoms with Crippen molar-refractivity contribution in [3.05, 3.63) is 12.7 Å². The third kappa shape index (κ3) is 6.36. The van der Waals surface area contributed by atoms with Gasteiger partial charge in [0.15, 0.2) is 0 Å². The Morgan fingerprint density at radius 1 is 1.16 bits per heavy atom. The first-order valence-electron chi connectivity index (χ1n) is 7.33. The molecule has 1 rings (SSSR count). The summed E-state index contributed by atoms with van der Waals surface area (Å²) >= 11 is 0. The van der Waals surface area contributed by atoms with Crippen molar-refractivity contribution in [1.82, 2.24) is 14.8 Å². The van der Waals surface area contributed by atoms with E-state index >= 15 is 0 Å². The Morgan fingerprint density at radius 2 is 1.79 bits per heavy atom. The third-order valence-electron chi connectivity index (χ3n) is 3.13. The fourth-order valence-electron chi connectivity index (χ4n) is 2.01. The van der Waals surface area contributed by atoms with E-state index in [9.17, 15) is 4.79 Å². The zero-order valence-corrected chi connectivity index (χ0v) is 12.0. The topological polar surface area (TPSA) is 57.0 Å². The molecule has 19 heavy (non-hydrogen) atoms. The zero-order valence-electron chi connectivity index (χ0n) is 12.0. The molecule has 0 aliphatic rings. The summed E-state index contributed by atoms with van der Waals surface area (Å²) in [6, 6.07) is 0. The van der Waals surface area contributed by atoms with Gasteiger partial charge in [0, 0.05) is 0 Å². The maximum Gasteiger partial charge on any atom is 0.436 e. The van der Waals surface area contributed by atoms with Gasteiger partial charge in [0.1, 0.15) is 18.8 Å². The van der Waals surface area contributed by atoms with Crippen LogP contribution in [-0.2, 0) is 4.74 Å². The molecule has 0 unspecified atom stereocenters. The van der Waals surface area contributed by atoms with Gasteiger partial charge in [-0.2, -0.15) is 4.68 Å². The van der Waals surface area contributed by atoms with Gasteiger partial charge in [-0.25, -0.2) is 9.78 Å². The number of carbonyl (C=O) groups is 1. The van der Waals surface area contributed by atoms with Crippen LogP contribution in [0, 0.1) is 0 Å². The predicted molar refractivity (Wildman–Crippen MR) is 74.0 cm³/mol. The number of carbonyl (C=O) groups excluding carboxylic acids is 1. The third-order valence-corrected chi connectivity index (χ3v) is 3.13. The molecule has 1 aromatic heterocycles. The standard InChI is InChI=1S/C14H25N3O2/c1-3-5-7-9-13(10-8-6-4-2)19-14(18)17-12-15-11-16-17/h11-13H,3-10H2,1-2H3. The molecule has 0 aliphatic carbocycles. The highest BCUT2D eigenvalue weighted by Crippen LogP contribution is 2.15. The fraction of sp³-hybridized carbons (Fsp3) is 0.786. The van der Waals surface area contributed by atoms with E-state index in [0.717, 1.165) is 30.4 Å². The maximum atomic E-state index is 11.8. The van der Waals surface area contributed by atoms with Crippen molar-refractivity contribution in [3.8, 4) is 0 Å². The molecule has 1 heterocycles. The lowest BCUT2D eigenvalue weighted by Crippen LogP contribution is -2.23. The Balaban J connectivity index is 2.40. The summed E-state index contributed by atoms with van der Waals surface area (Å²) in [4.78, 5) is 15.6. The molecule has 0 saturated carbocycles. The Kier molecular flexibility index (Phi) is 7.86. The molecule has 0 aliphatic heterocycles. The summed E-state index contributed by atoms with van der Waals surface area (Å²) in [7, 11) is 0. The van der Waals surface area contributed by atoms with Gasteiger partial charge in [-0.1, -0.05) is 39.5 Å². The van der Waals surface area contributed by atoms with Crippen molar-refractivity contribution in [2.45, 2.75) is 71.3 Å². The molecule has 0 fully saturated rings. The van der Waals surface area contributed by atoms with Crippen molar-refractivity contribution in [2.75, 3.05) is 0 Å². The number of unbranched alkanes of at least 4 members (excludes halogenated alkanes) is 4. The largest absolute Gasteiger partial charge is 0.445 e. The van der Waals surface area contributed by atoms with Gasteiger partial charge in [0.2, 0.25) is 0 Å². The molecule has 0 aromatic carbocycles. The molecule has 0 bridgehead atoms. The number of nitrogens with zero attached hydrogens (tertiary/aromatic N) is 3. The minimum atomic E-state index is -0.421. The number of aromatic nitrogens is 3. The van der Waals surface area contributed by atoms with Crippen molar-refractivity contribution in [3.63, 3.8) is 0 Å². The lowest BCUT2D eigenvalue weighted by Gasteiger charge is -2.17. The van der Waals surface area contributed by atoms with E-state index in [4.69, 9.17) is 4.74 Å². The molecule has 0 radical (unpaired) electrons. The van der Waals surface area contributed by atoms with Crippen LogP contribution in [0.25, 0.3) is 0 Å². The minimum absolute atomic E-state index is 0.00907. The van der Waals surface area contributed by atoms with E-state index in [2.05, 4.69) is 23.9 Å². The molecule has 0 saturated heterocycles. The van der Waals surface area contributed by atoms with Gasteiger partial charge in [-0.3, -0.25) is 0 Å². The second kappa shape index (κ2) is 9.53. The molecular weight excluding hydrogens is 242 g/mol. The fourth-order valence-corrected chi connectivity index (χ4v) is 2.01. The van der Waals surface area contributed by atoms with Crippen molar-refractivity contribution in [2.24, 2.45) is 0 Å². The first-order chi connectivity index (χ1) is 9.27. The van der Waals surface area contributed by atoms with E-state index in [1.165, 1.54) is 38.3 Å². The van der Waals surface area contributed by atoms with Crippen LogP contribution in [0.5, 0.6) is 0 Å². The van der Waals surface area contributed by atoms with Crippen molar-refractivity contribution in [1.29, 1.82) is 0 Å². The lowest BCUT2D eigenvalue weighted by atomic mass is 10.0. The Hall–Kier alpha value is -1.39. The van der Waals surface area contributed by atoms with Crippen LogP contribution >= 0.6 is 0 Å². The molecule has 1 aromatic rings. The maximum absolute atomic E-state index is 11.8. The molecule has 0 atom stereocenters. The number of hydrogen-bond acceptors (Lipinski definition) is 4. The smallest absolute Gasteiger partial charge is 0.436 e. The Morgan fingerprint density at radius 3 is 2.26 bits per heavy atom. The van der Waals surface area contributed by atoms with Gasteiger partial charge >= 0.3 is 6.09 Å². The van der Waals surface area contributed by atoms with E-state index < -0.39 is 6.09 Å². The normalized spacial score (nSPS) is 10.9. The average Bonchev–Trinajstić information content (AvgIpc) is 2.93. The highest BCUT2D eigenvalue weighted by Gasteiger charge is 2.15. The van der Waals surface area contributed by atoms with Crippen molar-refractivity contribution >= 4 is 6.09 Å². The van der Waals surface area contributed by atoms with Crippen molar-refractivity contribution < 1.29 is 9.53 Å². The highest BCUT2D eigenvalue weighted by atomic mass is 16.6. The van der Waals surface area contributed by atoms with E-state index in [1.54, 1.807) is 0 Å². The summed E-state index contributed by atoms with van der Waals surface area (Å²) in [6.07, 6.45) is 11.1. The molecule has 0 amide bonds. The molecule has 0 spiro atoms. The van der Waals surface area contributed by atoms with Gasteiger partial charge in [0.05, 0.1) is 0 Å². The first kappa shape index (κ1) is 15.7. The van der Waals surface area contributed by atoms with Gasteiger partial charge in [-0.05, 0) is 25.7 Å². The Labute approximate surface area is 115 Å². The molecule has 5 heteroatoms. The monoisotopic (exact) mass is 267 g/mol. The predicted octanol–water partition coefficient (Wildman–Crippen LogP) is 3.79. The molecule has 5 nitrogen and oxygen atoms in total. The highest BCUT2D eigenvalue weighted by molar-refractivity contribution is 5.68. The molecule has 0 N–H and O–H groups in total. The van der Waals surface area contributed by atoms with Crippen LogP contribution in [0.1, 0.15) is 65.2 Å². The molecular formula is C14H25N3O2. The quantitative estimate of drug-likeness (QED) is 0.639. The van der Waals surface area contributed by atoms with Crippen LogP contribution in [0.15, 0.2) is 12.7 Å². The van der Waals surface area contributed by atoms with Crippen LogP contribution in [0.4, 0.5) is 4.79 Å². The summed E-state index contributed by atoms with van der Waals surface area (Å²) < 4.78 is 6.66. The van der Waals surface area contributed by atoms with Crippen LogP contribution in [-0.4, -0.2) is 27.0 Å². The average molecular weight is 267 g/mol.